The Morgan fingerprint density at radius 3 is 2.38 bits per heavy atom. The van der Waals surface area contributed by atoms with E-state index in [-0.39, 0.29) is 5.91 Å². The Bertz CT molecular complexity index is 1190. The van der Waals surface area contributed by atoms with Crippen LogP contribution in [0.15, 0.2) is 73.1 Å². The summed E-state index contributed by atoms with van der Waals surface area (Å²) in [6, 6.07) is 20.1. The van der Waals surface area contributed by atoms with Gasteiger partial charge in [-0.2, -0.15) is 5.10 Å². The van der Waals surface area contributed by atoms with E-state index in [9.17, 15) is 4.79 Å². The molecule has 5 heteroatoms. The number of carbonyl (C=O) groups is 1. The second kappa shape index (κ2) is 6.78. The summed E-state index contributed by atoms with van der Waals surface area (Å²) in [4.78, 5) is 14.9. The van der Waals surface area contributed by atoms with E-state index in [1.54, 1.807) is 0 Å². The van der Waals surface area contributed by atoms with Crippen molar-refractivity contribution in [2.75, 3.05) is 0 Å². The highest BCUT2D eigenvalue weighted by Crippen LogP contribution is 2.31. The van der Waals surface area contributed by atoms with Gasteiger partial charge >= 0.3 is 0 Å². The fourth-order valence-corrected chi connectivity index (χ4v) is 3.90. The number of aromatic nitrogens is 3. The van der Waals surface area contributed by atoms with Crippen molar-refractivity contribution in [2.24, 2.45) is 0 Å². The van der Waals surface area contributed by atoms with Gasteiger partial charge in [-0.1, -0.05) is 29.8 Å². The summed E-state index contributed by atoms with van der Waals surface area (Å²) in [5.41, 5.74) is 6.14. The Labute approximate surface area is 169 Å². The zero-order valence-corrected chi connectivity index (χ0v) is 16.5. The van der Waals surface area contributed by atoms with Gasteiger partial charge in [-0.25, -0.2) is 4.68 Å². The molecule has 5 rings (SSSR count). The van der Waals surface area contributed by atoms with Crippen LogP contribution in [-0.2, 0) is 13.1 Å². The molecule has 0 bridgehead atoms. The Balaban J connectivity index is 1.54. The molecule has 0 saturated heterocycles. The number of benzene rings is 2. The highest BCUT2D eigenvalue weighted by Gasteiger charge is 2.31. The number of amides is 1. The number of rotatable bonds is 3. The van der Waals surface area contributed by atoms with Crippen LogP contribution in [0.4, 0.5) is 0 Å². The first-order valence-corrected chi connectivity index (χ1v) is 9.77. The molecule has 0 N–H and O–H groups in total. The number of nitrogens with zero attached hydrogens (tertiary/aromatic N) is 4. The molecular formula is C24H22N4O. The largest absolute Gasteiger partial charge is 0.328 e. The van der Waals surface area contributed by atoms with Crippen molar-refractivity contribution in [3.8, 4) is 11.5 Å². The molecule has 5 nitrogen and oxygen atoms in total. The predicted molar refractivity (Wildman–Crippen MR) is 112 cm³/mol. The molecule has 0 spiro atoms. The third kappa shape index (κ3) is 3.05. The van der Waals surface area contributed by atoms with Crippen LogP contribution in [0.1, 0.15) is 32.7 Å². The maximum Gasteiger partial charge on any atom is 0.254 e. The summed E-state index contributed by atoms with van der Waals surface area (Å²) in [5, 5.41) is 4.90. The zero-order chi connectivity index (χ0) is 20.0. The maximum atomic E-state index is 13.0. The Kier molecular flexibility index (Phi) is 4.09. The summed E-state index contributed by atoms with van der Waals surface area (Å²) < 4.78 is 4.07. The van der Waals surface area contributed by atoms with Gasteiger partial charge in [-0.15, -0.1) is 0 Å². The van der Waals surface area contributed by atoms with E-state index < -0.39 is 0 Å². The molecule has 0 unspecified atom stereocenters. The molecule has 4 aromatic rings. The molecule has 1 aliphatic heterocycles. The molecule has 0 atom stereocenters. The van der Waals surface area contributed by atoms with Gasteiger partial charge in [0.25, 0.3) is 5.91 Å². The average molecular weight is 382 g/mol. The van der Waals surface area contributed by atoms with Gasteiger partial charge in [0, 0.05) is 23.5 Å². The highest BCUT2D eigenvalue weighted by atomic mass is 16.2. The Morgan fingerprint density at radius 1 is 0.897 bits per heavy atom. The summed E-state index contributed by atoms with van der Waals surface area (Å²) >= 11 is 0. The first-order valence-electron chi connectivity index (χ1n) is 9.77. The molecule has 1 amide bonds. The second-order valence-electron chi connectivity index (χ2n) is 7.62. The standard InChI is InChI=1S/C24H22N4O/c1-17-8-10-19(11-9-17)24(29)27-15-21-22(16-27)25-28(20-7-5-6-18(2)14-20)23(21)26-12-3-4-13-26/h3-14H,15-16H2,1-2H3. The molecule has 3 heterocycles. The quantitative estimate of drug-likeness (QED) is 0.526. The van der Waals surface area contributed by atoms with Crippen LogP contribution in [0.25, 0.3) is 11.5 Å². The first-order chi connectivity index (χ1) is 14.1. The lowest BCUT2D eigenvalue weighted by atomic mass is 10.1. The van der Waals surface area contributed by atoms with Crippen molar-refractivity contribution in [1.82, 2.24) is 19.2 Å². The van der Waals surface area contributed by atoms with E-state index in [1.165, 1.54) is 5.56 Å². The molecule has 1 aliphatic rings. The van der Waals surface area contributed by atoms with Gasteiger partial charge in [0.2, 0.25) is 0 Å². The SMILES string of the molecule is Cc1ccc(C(=O)N2Cc3nn(-c4cccc(C)c4)c(-n4cccc4)c3C2)cc1. The van der Waals surface area contributed by atoms with Crippen LogP contribution in [0, 0.1) is 13.8 Å². The van der Waals surface area contributed by atoms with Crippen molar-refractivity contribution in [2.45, 2.75) is 26.9 Å². The smallest absolute Gasteiger partial charge is 0.254 e. The summed E-state index contributed by atoms with van der Waals surface area (Å²) in [5.74, 6) is 1.04. The number of hydrogen-bond donors (Lipinski definition) is 0. The summed E-state index contributed by atoms with van der Waals surface area (Å²) in [6.45, 7) is 5.19. The normalized spacial score (nSPS) is 13.0. The Hall–Kier alpha value is -3.60. The summed E-state index contributed by atoms with van der Waals surface area (Å²) in [7, 11) is 0. The molecule has 0 saturated carbocycles. The Morgan fingerprint density at radius 2 is 1.66 bits per heavy atom. The number of hydrogen-bond acceptors (Lipinski definition) is 2. The molecule has 0 fully saturated rings. The minimum absolute atomic E-state index is 0.0450. The van der Waals surface area contributed by atoms with Gasteiger partial charge < -0.3 is 9.47 Å². The van der Waals surface area contributed by atoms with Gasteiger partial charge in [-0.05, 0) is 55.8 Å². The number of fused-ring (bicyclic) bond motifs is 1. The number of aryl methyl sites for hydroxylation is 2. The van der Waals surface area contributed by atoms with E-state index in [4.69, 9.17) is 5.10 Å². The minimum Gasteiger partial charge on any atom is -0.328 e. The molecule has 2 aromatic heterocycles. The fraction of sp³-hybridized carbons (Fsp3) is 0.167. The van der Waals surface area contributed by atoms with Crippen molar-refractivity contribution >= 4 is 5.91 Å². The van der Waals surface area contributed by atoms with Gasteiger partial charge in [0.15, 0.2) is 0 Å². The lowest BCUT2D eigenvalue weighted by molar-refractivity contribution is 0.0749. The second-order valence-corrected chi connectivity index (χ2v) is 7.62. The van der Waals surface area contributed by atoms with Crippen LogP contribution in [0.2, 0.25) is 0 Å². The van der Waals surface area contributed by atoms with E-state index in [1.807, 2.05) is 71.4 Å². The molecule has 144 valence electrons. The molecular weight excluding hydrogens is 360 g/mol. The topological polar surface area (TPSA) is 43.1 Å². The first kappa shape index (κ1) is 17.5. The van der Waals surface area contributed by atoms with Crippen LogP contribution in [0.5, 0.6) is 0 Å². The number of carbonyl (C=O) groups excluding carboxylic acids is 1. The van der Waals surface area contributed by atoms with Crippen molar-refractivity contribution in [1.29, 1.82) is 0 Å². The van der Waals surface area contributed by atoms with Gasteiger partial charge in [-0.3, -0.25) is 4.79 Å². The third-order valence-electron chi connectivity index (χ3n) is 5.41. The minimum atomic E-state index is 0.0450. The van der Waals surface area contributed by atoms with Gasteiger partial charge in [0.05, 0.1) is 24.5 Å². The molecule has 29 heavy (non-hydrogen) atoms. The molecule has 2 aromatic carbocycles. The van der Waals surface area contributed by atoms with E-state index in [2.05, 4.69) is 29.7 Å². The van der Waals surface area contributed by atoms with Crippen molar-refractivity contribution in [3.63, 3.8) is 0 Å². The lowest BCUT2D eigenvalue weighted by Gasteiger charge is -2.18. The van der Waals surface area contributed by atoms with E-state index in [0.29, 0.717) is 13.1 Å². The maximum absolute atomic E-state index is 13.0. The van der Waals surface area contributed by atoms with Crippen molar-refractivity contribution < 1.29 is 4.79 Å². The predicted octanol–water partition coefficient (Wildman–Crippen LogP) is 4.44. The molecule has 0 aliphatic carbocycles. The van der Waals surface area contributed by atoms with Crippen LogP contribution >= 0.6 is 0 Å². The van der Waals surface area contributed by atoms with Crippen LogP contribution in [0.3, 0.4) is 0 Å². The zero-order valence-electron chi connectivity index (χ0n) is 16.5. The summed E-state index contributed by atoms with van der Waals surface area (Å²) in [6.07, 6.45) is 4.04. The molecule has 0 radical (unpaired) electrons. The third-order valence-corrected chi connectivity index (χ3v) is 5.41. The van der Waals surface area contributed by atoms with Crippen molar-refractivity contribution in [3.05, 3.63) is 101 Å². The van der Waals surface area contributed by atoms with E-state index >= 15 is 0 Å². The highest BCUT2D eigenvalue weighted by molar-refractivity contribution is 5.94. The lowest BCUT2D eigenvalue weighted by Crippen LogP contribution is -2.26. The van der Waals surface area contributed by atoms with Gasteiger partial charge in [0.1, 0.15) is 5.82 Å². The fourth-order valence-electron chi connectivity index (χ4n) is 3.90. The average Bonchev–Trinajstić information content (AvgIpc) is 3.44. The van der Waals surface area contributed by atoms with Crippen LogP contribution < -0.4 is 0 Å². The monoisotopic (exact) mass is 382 g/mol. The van der Waals surface area contributed by atoms with E-state index in [0.717, 1.165) is 33.9 Å². The van der Waals surface area contributed by atoms with Crippen LogP contribution in [-0.4, -0.2) is 25.2 Å².